The molecule has 2 aromatic heterocycles. The Morgan fingerprint density at radius 1 is 1.17 bits per heavy atom. The van der Waals surface area contributed by atoms with Crippen molar-refractivity contribution >= 4 is 39.2 Å². The summed E-state index contributed by atoms with van der Waals surface area (Å²) in [4.78, 5) is 25.6. The molecule has 0 saturated heterocycles. The molecule has 0 radical (unpaired) electrons. The van der Waals surface area contributed by atoms with Crippen LogP contribution in [0.5, 0.6) is 0 Å². The van der Waals surface area contributed by atoms with Crippen LogP contribution in [-0.4, -0.2) is 28.1 Å². The lowest BCUT2D eigenvalue weighted by Gasteiger charge is -2.05. The molecule has 0 unspecified atom stereocenters. The van der Waals surface area contributed by atoms with Gasteiger partial charge in [-0.15, -0.1) is 11.3 Å². The zero-order valence-electron chi connectivity index (χ0n) is 12.7. The molecular formula is C16H16N4O2S. The van der Waals surface area contributed by atoms with Gasteiger partial charge in [-0.1, -0.05) is 18.2 Å². The van der Waals surface area contributed by atoms with Crippen LogP contribution in [0, 0.1) is 0 Å². The number of anilines is 1. The standard InChI is InChI=1S/C16H16N4O2S/c1-9(2)17-15(22)12-8-11-13(19-20-16(11)23-12)18-14(21)10-6-4-3-5-7-10/h3-9H,1-2H3,(H,17,22)(H2,18,19,20,21). The fraction of sp³-hybridized carbons (Fsp3) is 0.188. The molecule has 3 rings (SSSR count). The first-order chi connectivity index (χ1) is 11.0. The van der Waals surface area contributed by atoms with E-state index >= 15 is 0 Å². The number of nitrogens with zero attached hydrogens (tertiary/aromatic N) is 1. The molecule has 0 aliphatic carbocycles. The van der Waals surface area contributed by atoms with Crippen LogP contribution in [0.1, 0.15) is 33.9 Å². The van der Waals surface area contributed by atoms with Gasteiger partial charge in [0.25, 0.3) is 11.8 Å². The molecule has 7 heteroatoms. The van der Waals surface area contributed by atoms with E-state index in [1.54, 1.807) is 30.3 Å². The lowest BCUT2D eigenvalue weighted by molar-refractivity contribution is 0.0946. The number of aromatic amines is 1. The van der Waals surface area contributed by atoms with Crippen molar-refractivity contribution in [3.05, 3.63) is 46.8 Å². The monoisotopic (exact) mass is 328 g/mol. The van der Waals surface area contributed by atoms with E-state index in [4.69, 9.17) is 0 Å². The highest BCUT2D eigenvalue weighted by molar-refractivity contribution is 7.20. The summed E-state index contributed by atoms with van der Waals surface area (Å²) in [7, 11) is 0. The van der Waals surface area contributed by atoms with Crippen LogP contribution in [0.15, 0.2) is 36.4 Å². The Labute approximate surface area is 136 Å². The highest BCUT2D eigenvalue weighted by atomic mass is 32.1. The van der Waals surface area contributed by atoms with Gasteiger partial charge in [0.2, 0.25) is 0 Å². The number of H-pyrrole nitrogens is 1. The number of carbonyl (C=O) groups excluding carboxylic acids is 2. The first-order valence-electron chi connectivity index (χ1n) is 7.20. The summed E-state index contributed by atoms with van der Waals surface area (Å²) < 4.78 is 0. The number of rotatable bonds is 4. The van der Waals surface area contributed by atoms with E-state index in [0.717, 1.165) is 10.2 Å². The van der Waals surface area contributed by atoms with E-state index < -0.39 is 0 Å². The zero-order valence-corrected chi connectivity index (χ0v) is 13.5. The minimum atomic E-state index is -0.238. The van der Waals surface area contributed by atoms with Gasteiger partial charge >= 0.3 is 0 Å². The van der Waals surface area contributed by atoms with E-state index in [1.807, 2.05) is 19.9 Å². The highest BCUT2D eigenvalue weighted by Crippen LogP contribution is 2.29. The number of fused-ring (bicyclic) bond motifs is 1. The summed E-state index contributed by atoms with van der Waals surface area (Å²) in [5.74, 6) is 0.0574. The Balaban J connectivity index is 1.83. The summed E-state index contributed by atoms with van der Waals surface area (Å²) in [6.07, 6.45) is 0. The van der Waals surface area contributed by atoms with Gasteiger partial charge in [-0.2, -0.15) is 5.10 Å². The molecule has 0 fully saturated rings. The van der Waals surface area contributed by atoms with Crippen molar-refractivity contribution < 1.29 is 9.59 Å². The van der Waals surface area contributed by atoms with Crippen LogP contribution in [0.25, 0.3) is 10.2 Å². The number of carbonyl (C=O) groups is 2. The van der Waals surface area contributed by atoms with Crippen LogP contribution < -0.4 is 10.6 Å². The molecular weight excluding hydrogens is 312 g/mol. The number of thiophene rings is 1. The summed E-state index contributed by atoms with van der Waals surface area (Å²) in [6, 6.07) is 10.7. The maximum Gasteiger partial charge on any atom is 0.261 e. The molecule has 2 amide bonds. The van der Waals surface area contributed by atoms with E-state index in [2.05, 4.69) is 20.8 Å². The summed E-state index contributed by atoms with van der Waals surface area (Å²) >= 11 is 1.31. The molecule has 6 nitrogen and oxygen atoms in total. The van der Waals surface area contributed by atoms with Crippen LogP contribution in [0.4, 0.5) is 5.82 Å². The molecule has 0 bridgehead atoms. The fourth-order valence-corrected chi connectivity index (χ4v) is 3.03. The Morgan fingerprint density at radius 3 is 2.61 bits per heavy atom. The Hall–Kier alpha value is -2.67. The third-order valence-corrected chi connectivity index (χ3v) is 4.21. The molecule has 118 valence electrons. The van der Waals surface area contributed by atoms with Crippen LogP contribution in [-0.2, 0) is 0 Å². The van der Waals surface area contributed by atoms with Crippen LogP contribution in [0.3, 0.4) is 0 Å². The number of hydrogen-bond acceptors (Lipinski definition) is 4. The quantitative estimate of drug-likeness (QED) is 0.688. The van der Waals surface area contributed by atoms with Crippen molar-refractivity contribution in [1.82, 2.24) is 15.5 Å². The SMILES string of the molecule is CC(C)NC(=O)c1cc2c(NC(=O)c3ccccc3)n[nH]c2s1. The summed E-state index contributed by atoms with van der Waals surface area (Å²) in [5.41, 5.74) is 0.552. The lowest BCUT2D eigenvalue weighted by Crippen LogP contribution is -2.29. The topological polar surface area (TPSA) is 86.9 Å². The lowest BCUT2D eigenvalue weighted by atomic mass is 10.2. The predicted molar refractivity (Wildman–Crippen MR) is 91.0 cm³/mol. The number of amides is 2. The third kappa shape index (κ3) is 3.24. The van der Waals surface area contributed by atoms with Crippen molar-refractivity contribution in [2.75, 3.05) is 5.32 Å². The Bertz CT molecular complexity index is 851. The Morgan fingerprint density at radius 2 is 1.91 bits per heavy atom. The molecule has 0 atom stereocenters. The highest BCUT2D eigenvalue weighted by Gasteiger charge is 2.17. The maximum absolute atomic E-state index is 12.2. The molecule has 3 aromatic rings. The molecule has 0 saturated carbocycles. The van der Waals surface area contributed by atoms with Gasteiger partial charge in [0.1, 0.15) is 4.83 Å². The molecule has 1 aromatic carbocycles. The Kier molecular flexibility index (Phi) is 4.12. The van der Waals surface area contributed by atoms with Crippen LogP contribution >= 0.6 is 11.3 Å². The average molecular weight is 328 g/mol. The van der Waals surface area contributed by atoms with Crippen molar-refractivity contribution in [2.45, 2.75) is 19.9 Å². The van der Waals surface area contributed by atoms with Crippen molar-refractivity contribution in [1.29, 1.82) is 0 Å². The number of benzene rings is 1. The first-order valence-corrected chi connectivity index (χ1v) is 8.01. The predicted octanol–water partition coefficient (Wildman–Crippen LogP) is 3.01. The van der Waals surface area contributed by atoms with E-state index in [-0.39, 0.29) is 17.9 Å². The smallest absolute Gasteiger partial charge is 0.261 e. The van der Waals surface area contributed by atoms with E-state index in [9.17, 15) is 9.59 Å². The van der Waals surface area contributed by atoms with Crippen molar-refractivity contribution in [3.63, 3.8) is 0 Å². The van der Waals surface area contributed by atoms with Gasteiger partial charge in [0, 0.05) is 11.6 Å². The fourth-order valence-electron chi connectivity index (χ4n) is 2.13. The van der Waals surface area contributed by atoms with Crippen molar-refractivity contribution in [2.24, 2.45) is 0 Å². The van der Waals surface area contributed by atoms with Gasteiger partial charge in [-0.3, -0.25) is 14.7 Å². The molecule has 2 heterocycles. The van der Waals surface area contributed by atoms with Gasteiger partial charge < -0.3 is 10.6 Å². The summed E-state index contributed by atoms with van der Waals surface area (Å²) in [5, 5.41) is 13.3. The largest absolute Gasteiger partial charge is 0.349 e. The first kappa shape index (κ1) is 15.2. The minimum absolute atomic E-state index is 0.0679. The number of hydrogen-bond donors (Lipinski definition) is 3. The molecule has 23 heavy (non-hydrogen) atoms. The van der Waals surface area contributed by atoms with Gasteiger partial charge in [-0.05, 0) is 32.0 Å². The van der Waals surface area contributed by atoms with E-state index in [0.29, 0.717) is 16.3 Å². The normalized spacial score (nSPS) is 10.9. The van der Waals surface area contributed by atoms with Gasteiger partial charge in [-0.25, -0.2) is 0 Å². The third-order valence-electron chi connectivity index (χ3n) is 3.17. The molecule has 3 N–H and O–H groups in total. The average Bonchev–Trinajstić information content (AvgIpc) is 3.09. The maximum atomic E-state index is 12.2. The molecule has 0 aliphatic heterocycles. The molecule has 0 spiro atoms. The summed E-state index contributed by atoms with van der Waals surface area (Å²) in [6.45, 7) is 3.81. The number of aromatic nitrogens is 2. The van der Waals surface area contributed by atoms with Gasteiger partial charge in [0.15, 0.2) is 5.82 Å². The molecule has 0 aliphatic rings. The second-order valence-corrected chi connectivity index (χ2v) is 6.43. The second kappa shape index (κ2) is 6.21. The van der Waals surface area contributed by atoms with Crippen LogP contribution in [0.2, 0.25) is 0 Å². The number of nitrogens with one attached hydrogen (secondary N) is 3. The van der Waals surface area contributed by atoms with Crippen molar-refractivity contribution in [3.8, 4) is 0 Å². The minimum Gasteiger partial charge on any atom is -0.349 e. The van der Waals surface area contributed by atoms with Gasteiger partial charge in [0.05, 0.1) is 10.3 Å². The van der Waals surface area contributed by atoms with E-state index in [1.165, 1.54) is 11.3 Å². The zero-order chi connectivity index (χ0) is 16.4. The second-order valence-electron chi connectivity index (χ2n) is 5.37.